The molecule has 0 atom stereocenters. The van der Waals surface area contributed by atoms with E-state index in [4.69, 9.17) is 10.5 Å². The van der Waals surface area contributed by atoms with Crippen LogP contribution in [0, 0.1) is 13.8 Å². The van der Waals surface area contributed by atoms with Gasteiger partial charge < -0.3 is 10.5 Å². The molecule has 5 nitrogen and oxygen atoms in total. The summed E-state index contributed by atoms with van der Waals surface area (Å²) in [6.45, 7) is 3.53. The number of anilines is 2. The fourth-order valence-electron chi connectivity index (χ4n) is 2.18. The van der Waals surface area contributed by atoms with Gasteiger partial charge >= 0.3 is 0 Å². The van der Waals surface area contributed by atoms with Crippen molar-refractivity contribution in [2.24, 2.45) is 0 Å². The maximum absolute atomic E-state index is 12.6. The molecule has 0 aliphatic rings. The van der Waals surface area contributed by atoms with Crippen molar-refractivity contribution in [1.82, 2.24) is 0 Å². The quantitative estimate of drug-likeness (QED) is 0.851. The molecule has 2 aromatic carbocycles. The molecule has 0 fully saturated rings. The first-order valence-electron chi connectivity index (χ1n) is 6.37. The van der Waals surface area contributed by atoms with Crippen LogP contribution >= 0.6 is 0 Å². The first kappa shape index (κ1) is 15.2. The molecule has 0 aliphatic carbocycles. The van der Waals surface area contributed by atoms with Crippen LogP contribution in [0.2, 0.25) is 0 Å². The summed E-state index contributed by atoms with van der Waals surface area (Å²) in [6.07, 6.45) is 0. The fourth-order valence-corrected chi connectivity index (χ4v) is 3.74. The van der Waals surface area contributed by atoms with Gasteiger partial charge in [0.05, 0.1) is 23.4 Å². The summed E-state index contributed by atoms with van der Waals surface area (Å²) in [5.74, 6) is 0.572. The highest BCUT2D eigenvalue weighted by molar-refractivity contribution is 7.92. The molecule has 0 amide bonds. The Morgan fingerprint density at radius 1 is 1.10 bits per heavy atom. The molecule has 21 heavy (non-hydrogen) atoms. The number of sulfonamides is 1. The molecule has 0 heterocycles. The number of ether oxygens (including phenoxy) is 1. The minimum absolute atomic E-state index is 0.278. The number of hydrogen-bond donors (Lipinski definition) is 2. The van der Waals surface area contributed by atoms with Gasteiger partial charge in [-0.1, -0.05) is 18.2 Å². The van der Waals surface area contributed by atoms with Crippen LogP contribution in [-0.2, 0) is 10.0 Å². The first-order valence-corrected chi connectivity index (χ1v) is 7.86. The Morgan fingerprint density at radius 3 is 2.24 bits per heavy atom. The number of nitrogens with one attached hydrogen (secondary N) is 1. The smallest absolute Gasteiger partial charge is 0.262 e. The molecule has 0 aromatic heterocycles. The van der Waals surface area contributed by atoms with Crippen molar-refractivity contribution >= 4 is 21.4 Å². The van der Waals surface area contributed by atoms with Gasteiger partial charge in [-0.25, -0.2) is 8.42 Å². The molecule has 3 N–H and O–H groups in total. The summed E-state index contributed by atoms with van der Waals surface area (Å²) < 4.78 is 32.7. The maximum atomic E-state index is 12.6. The molecule has 0 spiro atoms. The lowest BCUT2D eigenvalue weighted by Crippen LogP contribution is -2.16. The molecular formula is C15H18N2O3S. The number of nitrogen functional groups attached to an aromatic ring is 1. The summed E-state index contributed by atoms with van der Waals surface area (Å²) in [7, 11) is -2.16. The lowest BCUT2D eigenvalue weighted by atomic mass is 10.2. The fraction of sp³-hybridized carbons (Fsp3) is 0.200. The van der Waals surface area contributed by atoms with Crippen LogP contribution in [0.4, 0.5) is 11.4 Å². The van der Waals surface area contributed by atoms with Crippen LogP contribution in [0.15, 0.2) is 41.3 Å². The van der Waals surface area contributed by atoms with Crippen LogP contribution in [-0.4, -0.2) is 15.5 Å². The molecule has 2 rings (SSSR count). The van der Waals surface area contributed by atoms with E-state index in [1.807, 2.05) is 6.07 Å². The number of hydrogen-bond acceptors (Lipinski definition) is 4. The second-order valence-corrected chi connectivity index (χ2v) is 6.40. The summed E-state index contributed by atoms with van der Waals surface area (Å²) in [5, 5.41) is 0. The molecule has 2 aromatic rings. The number of aryl methyl sites for hydroxylation is 2. The van der Waals surface area contributed by atoms with Crippen molar-refractivity contribution in [1.29, 1.82) is 0 Å². The van der Waals surface area contributed by atoms with Crippen LogP contribution in [0.25, 0.3) is 0 Å². The number of methoxy groups -OCH3 is 1. The standard InChI is InChI=1S/C15H18N2O3S/c1-10-5-4-6-11(2)15(10)21(18,19)17-14-8-7-12(20-3)9-13(14)16/h4-9,17H,16H2,1-3H3. The third kappa shape index (κ3) is 3.11. The van der Waals surface area contributed by atoms with Crippen molar-refractivity contribution in [3.63, 3.8) is 0 Å². The molecule has 6 heteroatoms. The highest BCUT2D eigenvalue weighted by atomic mass is 32.2. The van der Waals surface area contributed by atoms with Crippen LogP contribution in [0.1, 0.15) is 11.1 Å². The van der Waals surface area contributed by atoms with Crippen LogP contribution < -0.4 is 15.2 Å². The topological polar surface area (TPSA) is 81.4 Å². The minimum atomic E-state index is -3.69. The lowest BCUT2D eigenvalue weighted by Gasteiger charge is -2.14. The molecular weight excluding hydrogens is 288 g/mol. The Kier molecular flexibility index (Phi) is 4.09. The van der Waals surface area contributed by atoms with E-state index in [0.29, 0.717) is 28.3 Å². The summed E-state index contributed by atoms with van der Waals surface area (Å²) >= 11 is 0. The third-order valence-electron chi connectivity index (χ3n) is 3.18. The second kappa shape index (κ2) is 5.65. The van der Waals surface area contributed by atoms with Crippen LogP contribution in [0.5, 0.6) is 5.75 Å². The van der Waals surface area contributed by atoms with Crippen molar-refractivity contribution in [3.05, 3.63) is 47.5 Å². The predicted molar refractivity (Wildman–Crippen MR) is 84.1 cm³/mol. The summed E-state index contributed by atoms with van der Waals surface area (Å²) in [6, 6.07) is 10.2. The van der Waals surface area contributed by atoms with E-state index in [1.54, 1.807) is 44.2 Å². The Hall–Kier alpha value is -2.21. The predicted octanol–water partition coefficient (Wildman–Crippen LogP) is 2.70. The van der Waals surface area contributed by atoms with Gasteiger partial charge in [-0.05, 0) is 37.1 Å². The number of nitrogens with two attached hydrogens (primary N) is 1. The molecule has 0 aliphatic heterocycles. The van der Waals surface area contributed by atoms with Crippen molar-refractivity contribution in [2.75, 3.05) is 17.6 Å². The molecule has 0 unspecified atom stereocenters. The Morgan fingerprint density at radius 2 is 1.71 bits per heavy atom. The highest BCUT2D eigenvalue weighted by Crippen LogP contribution is 2.28. The minimum Gasteiger partial charge on any atom is -0.497 e. The van der Waals surface area contributed by atoms with Gasteiger partial charge in [0.1, 0.15) is 5.75 Å². The normalized spacial score (nSPS) is 11.2. The molecule has 112 valence electrons. The van der Waals surface area contributed by atoms with E-state index in [2.05, 4.69) is 4.72 Å². The second-order valence-electron chi connectivity index (χ2n) is 4.78. The zero-order valence-corrected chi connectivity index (χ0v) is 13.0. The molecule has 0 bridgehead atoms. The van der Waals surface area contributed by atoms with Gasteiger partial charge in [0.15, 0.2) is 0 Å². The van der Waals surface area contributed by atoms with Crippen molar-refractivity contribution < 1.29 is 13.2 Å². The molecule has 0 saturated heterocycles. The largest absolute Gasteiger partial charge is 0.497 e. The Bertz CT molecular complexity index is 750. The van der Waals surface area contributed by atoms with Crippen molar-refractivity contribution in [3.8, 4) is 5.75 Å². The van der Waals surface area contributed by atoms with Crippen LogP contribution in [0.3, 0.4) is 0 Å². The lowest BCUT2D eigenvalue weighted by molar-refractivity contribution is 0.415. The first-order chi connectivity index (χ1) is 9.85. The Balaban J connectivity index is 2.43. The third-order valence-corrected chi connectivity index (χ3v) is 4.85. The van der Waals surface area contributed by atoms with E-state index < -0.39 is 10.0 Å². The van der Waals surface area contributed by atoms with E-state index in [9.17, 15) is 8.42 Å². The zero-order chi connectivity index (χ0) is 15.6. The SMILES string of the molecule is COc1ccc(NS(=O)(=O)c2c(C)cccc2C)c(N)c1. The van der Waals surface area contributed by atoms with E-state index >= 15 is 0 Å². The molecule has 0 radical (unpaired) electrons. The number of rotatable bonds is 4. The average molecular weight is 306 g/mol. The van der Waals surface area contributed by atoms with E-state index in [0.717, 1.165) is 0 Å². The Labute approximate surface area is 124 Å². The van der Waals surface area contributed by atoms with Crippen molar-refractivity contribution in [2.45, 2.75) is 18.7 Å². The summed E-state index contributed by atoms with van der Waals surface area (Å²) in [4.78, 5) is 0.278. The maximum Gasteiger partial charge on any atom is 0.262 e. The monoisotopic (exact) mass is 306 g/mol. The van der Waals surface area contributed by atoms with Gasteiger partial charge in [-0.2, -0.15) is 0 Å². The van der Waals surface area contributed by atoms with Gasteiger partial charge in [0.2, 0.25) is 0 Å². The van der Waals surface area contributed by atoms with E-state index in [-0.39, 0.29) is 4.90 Å². The molecule has 0 saturated carbocycles. The van der Waals surface area contributed by atoms with Gasteiger partial charge in [0.25, 0.3) is 10.0 Å². The van der Waals surface area contributed by atoms with Gasteiger partial charge in [-0.15, -0.1) is 0 Å². The van der Waals surface area contributed by atoms with Gasteiger partial charge in [0, 0.05) is 6.07 Å². The van der Waals surface area contributed by atoms with Gasteiger partial charge in [-0.3, -0.25) is 4.72 Å². The zero-order valence-electron chi connectivity index (χ0n) is 12.2. The van der Waals surface area contributed by atoms with E-state index in [1.165, 1.54) is 7.11 Å². The highest BCUT2D eigenvalue weighted by Gasteiger charge is 2.20. The average Bonchev–Trinajstić information content (AvgIpc) is 2.40. The number of benzene rings is 2. The summed E-state index contributed by atoms with van der Waals surface area (Å²) in [5.41, 5.74) is 7.87.